The molecule has 0 radical (unpaired) electrons. The summed E-state index contributed by atoms with van der Waals surface area (Å²) < 4.78 is 0. The van der Waals surface area contributed by atoms with E-state index in [0.717, 1.165) is 12.8 Å². The quantitative estimate of drug-likeness (QED) is 0.444. The molecule has 0 bridgehead atoms. The van der Waals surface area contributed by atoms with E-state index in [2.05, 4.69) is 36.7 Å². The molecule has 1 N–H and O–H groups in total. The molecule has 0 aliphatic heterocycles. The Hall–Kier alpha value is 0.880. The summed E-state index contributed by atoms with van der Waals surface area (Å²) in [4.78, 5) is 4.91. The maximum atomic E-state index is 8.30. The van der Waals surface area contributed by atoms with Crippen molar-refractivity contribution in [1.29, 1.82) is 0 Å². The van der Waals surface area contributed by atoms with Crippen molar-refractivity contribution in [2.75, 3.05) is 0 Å². The Morgan fingerprint density at radius 2 is 2.00 bits per heavy atom. The van der Waals surface area contributed by atoms with Crippen molar-refractivity contribution in [3.63, 3.8) is 0 Å². The van der Waals surface area contributed by atoms with E-state index in [4.69, 9.17) is 5.26 Å². The predicted molar refractivity (Wildman–Crippen MR) is 42.2 cm³/mol. The molecule has 0 saturated heterocycles. The Labute approximate surface area is 70.8 Å². The van der Waals surface area contributed by atoms with Crippen molar-refractivity contribution in [3.05, 3.63) is 0 Å². The summed E-state index contributed by atoms with van der Waals surface area (Å²) in [5.41, 5.74) is 0. The fraction of sp³-hybridized carbons (Fsp3) is 1.00. The molecule has 1 aliphatic rings. The summed E-state index contributed by atoms with van der Waals surface area (Å²) in [5, 5.41) is 8.30. The lowest BCUT2D eigenvalue weighted by Crippen LogP contribution is -2.20. The summed E-state index contributed by atoms with van der Waals surface area (Å²) in [7, 11) is 0. The SMILES string of the molecule is OOC1CC[C@@H](Br)[C@@H]1Br. The second kappa shape index (κ2) is 3.32. The summed E-state index contributed by atoms with van der Waals surface area (Å²) in [6, 6.07) is 0. The maximum absolute atomic E-state index is 8.30. The first-order valence-electron chi connectivity index (χ1n) is 2.84. The fourth-order valence-electron chi connectivity index (χ4n) is 0.986. The van der Waals surface area contributed by atoms with Gasteiger partial charge in [-0.1, -0.05) is 31.9 Å². The number of halogens is 2. The first-order valence-corrected chi connectivity index (χ1v) is 4.67. The molecular formula is C5H8Br2O2. The number of hydrogen-bond acceptors (Lipinski definition) is 2. The van der Waals surface area contributed by atoms with Gasteiger partial charge in [0.2, 0.25) is 0 Å². The van der Waals surface area contributed by atoms with Crippen molar-refractivity contribution in [1.82, 2.24) is 0 Å². The van der Waals surface area contributed by atoms with Gasteiger partial charge in [-0.3, -0.25) is 5.26 Å². The van der Waals surface area contributed by atoms with Crippen LogP contribution in [0.15, 0.2) is 0 Å². The zero-order chi connectivity index (χ0) is 6.85. The van der Waals surface area contributed by atoms with Crippen molar-refractivity contribution in [2.24, 2.45) is 0 Å². The third-order valence-electron chi connectivity index (χ3n) is 1.56. The molecule has 0 spiro atoms. The molecule has 3 atom stereocenters. The van der Waals surface area contributed by atoms with E-state index in [1.807, 2.05) is 0 Å². The minimum atomic E-state index is -0.0330. The monoisotopic (exact) mass is 258 g/mol. The molecule has 0 aromatic carbocycles. The van der Waals surface area contributed by atoms with E-state index in [0.29, 0.717) is 4.83 Å². The molecule has 2 nitrogen and oxygen atoms in total. The van der Waals surface area contributed by atoms with Gasteiger partial charge in [-0.05, 0) is 12.8 Å². The van der Waals surface area contributed by atoms with Gasteiger partial charge in [0.15, 0.2) is 0 Å². The van der Waals surface area contributed by atoms with Crippen LogP contribution < -0.4 is 0 Å². The Bertz CT molecular complexity index is 99.0. The molecule has 9 heavy (non-hydrogen) atoms. The molecular weight excluding hydrogens is 252 g/mol. The normalized spacial score (nSPS) is 43.7. The fourth-order valence-corrected chi connectivity index (χ4v) is 2.22. The number of hydrogen-bond donors (Lipinski definition) is 1. The average Bonchev–Trinajstić information content (AvgIpc) is 2.15. The lowest BCUT2D eigenvalue weighted by atomic mass is 10.3. The summed E-state index contributed by atoms with van der Waals surface area (Å²) in [5.74, 6) is 0. The van der Waals surface area contributed by atoms with E-state index in [1.165, 1.54) is 0 Å². The molecule has 1 aliphatic carbocycles. The van der Waals surface area contributed by atoms with Crippen LogP contribution >= 0.6 is 31.9 Å². The van der Waals surface area contributed by atoms with Crippen molar-refractivity contribution in [2.45, 2.75) is 28.6 Å². The topological polar surface area (TPSA) is 29.5 Å². The molecule has 1 rings (SSSR count). The Kier molecular flexibility index (Phi) is 2.95. The van der Waals surface area contributed by atoms with E-state index in [1.54, 1.807) is 0 Å². The third-order valence-corrected chi connectivity index (χ3v) is 4.53. The maximum Gasteiger partial charge on any atom is 0.106 e. The van der Waals surface area contributed by atoms with Crippen molar-refractivity contribution < 1.29 is 10.1 Å². The third kappa shape index (κ3) is 1.67. The molecule has 4 heteroatoms. The second-order valence-corrected chi connectivity index (χ2v) is 4.42. The number of alkyl halides is 2. The largest absolute Gasteiger partial charge is 0.251 e. The van der Waals surface area contributed by atoms with Crippen LogP contribution in [-0.4, -0.2) is 21.0 Å². The number of rotatable bonds is 1. The highest BCUT2D eigenvalue weighted by Crippen LogP contribution is 2.33. The molecule has 0 heterocycles. The van der Waals surface area contributed by atoms with Crippen LogP contribution in [0.1, 0.15) is 12.8 Å². The van der Waals surface area contributed by atoms with Crippen LogP contribution in [0.25, 0.3) is 0 Å². The van der Waals surface area contributed by atoms with Crippen LogP contribution in [-0.2, 0) is 4.89 Å². The van der Waals surface area contributed by atoms with Gasteiger partial charge < -0.3 is 0 Å². The molecule has 0 amide bonds. The summed E-state index contributed by atoms with van der Waals surface area (Å²) >= 11 is 6.85. The highest BCUT2D eigenvalue weighted by molar-refractivity contribution is 9.12. The predicted octanol–water partition coefficient (Wildman–Crippen LogP) is 2.17. The van der Waals surface area contributed by atoms with E-state index < -0.39 is 0 Å². The van der Waals surface area contributed by atoms with Gasteiger partial charge in [-0.15, -0.1) is 0 Å². The van der Waals surface area contributed by atoms with E-state index in [9.17, 15) is 0 Å². The minimum absolute atomic E-state index is 0.0330. The van der Waals surface area contributed by atoms with Crippen LogP contribution in [0, 0.1) is 0 Å². The van der Waals surface area contributed by atoms with Crippen LogP contribution in [0.2, 0.25) is 0 Å². The Morgan fingerprint density at radius 3 is 2.22 bits per heavy atom. The first kappa shape index (κ1) is 7.98. The average molecular weight is 260 g/mol. The summed E-state index contributed by atoms with van der Waals surface area (Å²) in [6.45, 7) is 0. The van der Waals surface area contributed by atoms with Gasteiger partial charge in [-0.25, -0.2) is 4.89 Å². The highest BCUT2D eigenvalue weighted by atomic mass is 79.9. The van der Waals surface area contributed by atoms with Crippen LogP contribution in [0.3, 0.4) is 0 Å². The Morgan fingerprint density at radius 1 is 1.33 bits per heavy atom. The van der Waals surface area contributed by atoms with Gasteiger partial charge in [0.1, 0.15) is 6.10 Å². The standard InChI is InChI=1S/C5H8Br2O2/c6-3-1-2-4(9-8)5(3)7/h3-5,8H,1-2H2/t3-,4?,5+/m1/s1. The molecule has 1 fully saturated rings. The summed E-state index contributed by atoms with van der Waals surface area (Å²) in [6.07, 6.45) is 1.94. The van der Waals surface area contributed by atoms with Gasteiger partial charge in [-0.2, -0.15) is 0 Å². The van der Waals surface area contributed by atoms with Gasteiger partial charge in [0, 0.05) is 4.83 Å². The second-order valence-electron chi connectivity index (χ2n) is 2.18. The van der Waals surface area contributed by atoms with Crippen molar-refractivity contribution in [3.8, 4) is 0 Å². The van der Waals surface area contributed by atoms with Gasteiger partial charge in [0.25, 0.3) is 0 Å². The zero-order valence-corrected chi connectivity index (χ0v) is 7.93. The van der Waals surface area contributed by atoms with Crippen LogP contribution in [0.5, 0.6) is 0 Å². The minimum Gasteiger partial charge on any atom is -0.251 e. The van der Waals surface area contributed by atoms with Crippen LogP contribution in [0.4, 0.5) is 0 Å². The van der Waals surface area contributed by atoms with E-state index >= 15 is 0 Å². The van der Waals surface area contributed by atoms with E-state index in [-0.39, 0.29) is 10.9 Å². The van der Waals surface area contributed by atoms with Gasteiger partial charge in [0.05, 0.1) is 4.83 Å². The van der Waals surface area contributed by atoms with Gasteiger partial charge >= 0.3 is 0 Å². The Balaban J connectivity index is 2.41. The lowest BCUT2D eigenvalue weighted by molar-refractivity contribution is -0.274. The molecule has 0 aromatic rings. The zero-order valence-electron chi connectivity index (χ0n) is 4.76. The molecule has 0 aromatic heterocycles. The molecule has 1 unspecified atom stereocenters. The first-order chi connectivity index (χ1) is 4.25. The molecule has 54 valence electrons. The van der Waals surface area contributed by atoms with Crippen molar-refractivity contribution >= 4 is 31.9 Å². The smallest absolute Gasteiger partial charge is 0.106 e. The highest BCUT2D eigenvalue weighted by Gasteiger charge is 2.33. The molecule has 1 saturated carbocycles. The lowest BCUT2D eigenvalue weighted by Gasteiger charge is -2.10.